The molecule has 0 saturated heterocycles. The minimum Gasteiger partial charge on any atom is -0.392 e. The van der Waals surface area contributed by atoms with E-state index in [1.165, 1.54) is 0 Å². The second kappa shape index (κ2) is 4.54. The van der Waals surface area contributed by atoms with E-state index in [1.807, 2.05) is 0 Å². The summed E-state index contributed by atoms with van der Waals surface area (Å²) in [5.41, 5.74) is -1.83. The molecule has 0 bridgehead atoms. The molecule has 0 aromatic carbocycles. The number of carbonyl (C=O) groups is 1. The molecule has 0 aromatic rings. The maximum absolute atomic E-state index is 12.0. The maximum Gasteiger partial charge on any atom is 0.138 e. The van der Waals surface area contributed by atoms with Crippen LogP contribution >= 0.6 is 0 Å². The molecule has 4 nitrogen and oxygen atoms in total. The van der Waals surface area contributed by atoms with Gasteiger partial charge in [-0.1, -0.05) is 6.92 Å². The van der Waals surface area contributed by atoms with Gasteiger partial charge in [0, 0.05) is 12.3 Å². The van der Waals surface area contributed by atoms with E-state index in [-0.39, 0.29) is 23.5 Å². The molecule has 0 heterocycles. The molecule has 4 heteroatoms. The van der Waals surface area contributed by atoms with Gasteiger partial charge in [0.2, 0.25) is 0 Å². The molecule has 0 amide bonds. The van der Waals surface area contributed by atoms with Crippen LogP contribution in [0.15, 0.2) is 0 Å². The molecule has 0 radical (unpaired) electrons. The van der Waals surface area contributed by atoms with Crippen LogP contribution in [0.25, 0.3) is 0 Å². The van der Waals surface area contributed by atoms with Crippen LogP contribution in [0.4, 0.5) is 0 Å². The number of hydrogen-bond acceptors (Lipinski definition) is 4. The topological polar surface area (TPSA) is 77.8 Å². The Hall–Kier alpha value is -0.450. The van der Waals surface area contributed by atoms with E-state index in [1.54, 1.807) is 27.7 Å². The summed E-state index contributed by atoms with van der Waals surface area (Å²) in [6, 6.07) is 0. The van der Waals surface area contributed by atoms with Crippen LogP contribution in [0, 0.1) is 23.7 Å². The zero-order valence-electron chi connectivity index (χ0n) is 12.3. The third kappa shape index (κ3) is 2.46. The zero-order valence-corrected chi connectivity index (χ0v) is 12.3. The molecule has 2 aliphatic carbocycles. The van der Waals surface area contributed by atoms with Crippen LogP contribution in [0.3, 0.4) is 0 Å². The van der Waals surface area contributed by atoms with Crippen molar-refractivity contribution in [2.75, 3.05) is 0 Å². The Morgan fingerprint density at radius 2 is 1.95 bits per heavy atom. The molecular formula is C15H26O4. The summed E-state index contributed by atoms with van der Waals surface area (Å²) in [7, 11) is 0. The summed E-state index contributed by atoms with van der Waals surface area (Å²) >= 11 is 0. The Labute approximate surface area is 114 Å². The van der Waals surface area contributed by atoms with Crippen LogP contribution in [0.1, 0.15) is 47.0 Å². The third-order valence-electron chi connectivity index (χ3n) is 5.43. The highest BCUT2D eigenvalue weighted by molar-refractivity contribution is 5.82. The second-order valence-corrected chi connectivity index (χ2v) is 7.29. The van der Waals surface area contributed by atoms with Crippen LogP contribution < -0.4 is 0 Å². The molecule has 19 heavy (non-hydrogen) atoms. The van der Waals surface area contributed by atoms with Gasteiger partial charge in [-0.2, -0.15) is 0 Å². The minimum absolute atomic E-state index is 0.0189. The van der Waals surface area contributed by atoms with Crippen molar-refractivity contribution in [2.45, 2.75) is 64.3 Å². The molecule has 2 rings (SSSR count). The van der Waals surface area contributed by atoms with E-state index in [4.69, 9.17) is 0 Å². The van der Waals surface area contributed by atoms with Gasteiger partial charge in [-0.25, -0.2) is 0 Å². The number of hydrogen-bond donors (Lipinski definition) is 3. The second-order valence-electron chi connectivity index (χ2n) is 7.29. The molecule has 110 valence electrons. The summed E-state index contributed by atoms with van der Waals surface area (Å²) in [5.74, 6) is -0.929. The smallest absolute Gasteiger partial charge is 0.138 e. The van der Waals surface area contributed by atoms with Gasteiger partial charge in [-0.3, -0.25) is 4.79 Å². The Kier molecular flexibility index (Phi) is 3.57. The van der Waals surface area contributed by atoms with Gasteiger partial charge in [0.25, 0.3) is 0 Å². The highest BCUT2D eigenvalue weighted by Crippen LogP contribution is 2.51. The Morgan fingerprint density at radius 3 is 2.47 bits per heavy atom. The quantitative estimate of drug-likeness (QED) is 0.667. The normalized spacial score (nSPS) is 47.9. The summed E-state index contributed by atoms with van der Waals surface area (Å²) in [4.78, 5) is 12.0. The largest absolute Gasteiger partial charge is 0.392 e. The first-order valence-electron chi connectivity index (χ1n) is 7.21. The fraction of sp³-hybridized carbons (Fsp3) is 0.933. The van der Waals surface area contributed by atoms with Gasteiger partial charge < -0.3 is 15.3 Å². The van der Waals surface area contributed by atoms with Crippen molar-refractivity contribution in [2.24, 2.45) is 23.7 Å². The lowest BCUT2D eigenvalue weighted by Crippen LogP contribution is -2.60. The predicted molar refractivity (Wildman–Crippen MR) is 71.4 cm³/mol. The predicted octanol–water partition coefficient (Wildman–Crippen LogP) is 1.12. The molecule has 3 N–H and O–H groups in total. The van der Waals surface area contributed by atoms with Crippen molar-refractivity contribution in [3.63, 3.8) is 0 Å². The number of ketones is 1. The maximum atomic E-state index is 12.0. The molecule has 2 fully saturated rings. The van der Waals surface area contributed by atoms with Crippen molar-refractivity contribution in [1.29, 1.82) is 0 Å². The molecule has 6 unspecified atom stereocenters. The standard InChI is InChI=1S/C15H26O4/c1-8-11(16)7-10-12(13(8)17)9(14(2,3)18)5-6-15(10,4)19/h8-10,12-13,17-19H,5-7H2,1-4H3. The third-order valence-corrected chi connectivity index (χ3v) is 5.43. The van der Waals surface area contributed by atoms with Gasteiger partial charge in [0.05, 0.1) is 17.3 Å². The number of aliphatic hydroxyl groups is 3. The molecule has 6 atom stereocenters. The van der Waals surface area contributed by atoms with E-state index in [9.17, 15) is 20.1 Å². The van der Waals surface area contributed by atoms with Crippen LogP contribution in [-0.2, 0) is 4.79 Å². The van der Waals surface area contributed by atoms with E-state index >= 15 is 0 Å². The number of Topliss-reactive ketones (excluding diaryl/α,β-unsaturated/α-hetero) is 1. The summed E-state index contributed by atoms with van der Waals surface area (Å²) < 4.78 is 0. The van der Waals surface area contributed by atoms with E-state index in [0.717, 1.165) is 0 Å². The number of fused-ring (bicyclic) bond motifs is 1. The monoisotopic (exact) mass is 270 g/mol. The van der Waals surface area contributed by atoms with Crippen LogP contribution in [-0.4, -0.2) is 38.4 Å². The lowest BCUT2D eigenvalue weighted by Gasteiger charge is -2.54. The fourth-order valence-electron chi connectivity index (χ4n) is 4.10. The zero-order chi connectivity index (χ0) is 14.6. The lowest BCUT2D eigenvalue weighted by atomic mass is 9.54. The minimum atomic E-state index is -0.927. The van der Waals surface area contributed by atoms with Gasteiger partial charge >= 0.3 is 0 Å². The number of aliphatic hydroxyl groups excluding tert-OH is 1. The average molecular weight is 270 g/mol. The summed E-state index contributed by atoms with van der Waals surface area (Å²) in [5, 5.41) is 31.3. The molecule has 2 aliphatic rings. The first-order chi connectivity index (χ1) is 8.55. The van der Waals surface area contributed by atoms with E-state index < -0.39 is 23.2 Å². The number of rotatable bonds is 1. The first-order valence-corrected chi connectivity index (χ1v) is 7.21. The summed E-state index contributed by atoms with van der Waals surface area (Å²) in [6.45, 7) is 7.00. The summed E-state index contributed by atoms with van der Waals surface area (Å²) in [6.07, 6.45) is 0.782. The van der Waals surface area contributed by atoms with Crippen LogP contribution in [0.5, 0.6) is 0 Å². The fourth-order valence-corrected chi connectivity index (χ4v) is 4.10. The molecule has 0 aliphatic heterocycles. The van der Waals surface area contributed by atoms with Crippen molar-refractivity contribution in [3.05, 3.63) is 0 Å². The Bertz CT molecular complexity index is 369. The molecule has 0 aromatic heterocycles. The van der Waals surface area contributed by atoms with Gasteiger partial charge in [0.1, 0.15) is 5.78 Å². The van der Waals surface area contributed by atoms with Crippen LogP contribution in [0.2, 0.25) is 0 Å². The highest BCUT2D eigenvalue weighted by atomic mass is 16.3. The number of carbonyl (C=O) groups excluding carboxylic acids is 1. The van der Waals surface area contributed by atoms with Crippen molar-refractivity contribution < 1.29 is 20.1 Å². The molecule has 0 spiro atoms. The van der Waals surface area contributed by atoms with Crippen molar-refractivity contribution in [1.82, 2.24) is 0 Å². The van der Waals surface area contributed by atoms with Crippen molar-refractivity contribution >= 4 is 5.78 Å². The lowest BCUT2D eigenvalue weighted by molar-refractivity contribution is -0.184. The van der Waals surface area contributed by atoms with E-state index in [0.29, 0.717) is 19.3 Å². The first kappa shape index (κ1) is 14.9. The van der Waals surface area contributed by atoms with E-state index in [2.05, 4.69) is 0 Å². The van der Waals surface area contributed by atoms with Crippen molar-refractivity contribution in [3.8, 4) is 0 Å². The molecular weight excluding hydrogens is 244 g/mol. The van der Waals surface area contributed by atoms with Gasteiger partial charge in [-0.15, -0.1) is 0 Å². The van der Waals surface area contributed by atoms with Gasteiger partial charge in [-0.05, 0) is 51.4 Å². The Balaban J connectivity index is 2.38. The Morgan fingerprint density at radius 1 is 1.37 bits per heavy atom. The molecule has 2 saturated carbocycles. The SMILES string of the molecule is CC1C(=O)CC2C(C1O)C(C(C)(C)O)CCC2(C)O. The highest BCUT2D eigenvalue weighted by Gasteiger charge is 2.56. The average Bonchev–Trinajstić information content (AvgIpc) is 2.25. The van der Waals surface area contributed by atoms with Gasteiger partial charge in [0.15, 0.2) is 0 Å².